The lowest BCUT2D eigenvalue weighted by Gasteiger charge is -2.48. The molecule has 1 aliphatic carbocycles. The standard InChI is InChI=1S/C29H27N3O3/c1-14-19(30-3)13-23-31-20-7-5-4-6-16(20)26-25-17(9-11-22(25)34)24-18-12-15(33)8-10-21(18)32(28(24)27(26)31)29(14,2)35-23/h4-8,10,12,14,19,23,30,33H,9,11,13H2,1-3H3/t14-,19-,23-,29+/m1/s1. The third kappa shape index (κ3) is 2.13. The molecule has 2 N–H and O–H groups in total. The van der Waals surface area contributed by atoms with Crippen molar-refractivity contribution in [1.29, 1.82) is 0 Å². The van der Waals surface area contributed by atoms with Crippen molar-refractivity contribution in [3.05, 3.63) is 53.6 Å². The van der Waals surface area contributed by atoms with Gasteiger partial charge >= 0.3 is 0 Å². The van der Waals surface area contributed by atoms with Gasteiger partial charge in [-0.25, -0.2) is 0 Å². The lowest BCUT2D eigenvalue weighted by Crippen LogP contribution is -2.54. The molecule has 4 heterocycles. The molecule has 0 spiro atoms. The van der Waals surface area contributed by atoms with E-state index in [1.165, 1.54) is 0 Å². The van der Waals surface area contributed by atoms with Crippen molar-refractivity contribution in [3.8, 4) is 5.75 Å². The summed E-state index contributed by atoms with van der Waals surface area (Å²) in [6.07, 6.45) is 1.94. The highest BCUT2D eigenvalue weighted by atomic mass is 16.5. The van der Waals surface area contributed by atoms with E-state index in [0.29, 0.717) is 6.42 Å². The maximum absolute atomic E-state index is 13.4. The monoisotopic (exact) mass is 465 g/mol. The number of carbonyl (C=O) groups excluding carboxylic acids is 1. The largest absolute Gasteiger partial charge is 0.508 e. The highest BCUT2D eigenvalue weighted by molar-refractivity contribution is 6.31. The van der Waals surface area contributed by atoms with Crippen LogP contribution in [0.4, 0.5) is 0 Å². The Morgan fingerprint density at radius 3 is 2.71 bits per heavy atom. The average molecular weight is 466 g/mol. The zero-order valence-electron chi connectivity index (χ0n) is 20.1. The van der Waals surface area contributed by atoms with Gasteiger partial charge in [0.05, 0.1) is 22.1 Å². The molecule has 8 rings (SSSR count). The zero-order chi connectivity index (χ0) is 23.8. The van der Waals surface area contributed by atoms with Gasteiger partial charge in [-0.15, -0.1) is 0 Å². The highest BCUT2D eigenvalue weighted by Crippen LogP contribution is 2.55. The lowest BCUT2D eigenvalue weighted by atomic mass is 9.85. The smallest absolute Gasteiger partial charge is 0.164 e. The molecule has 4 atom stereocenters. The van der Waals surface area contributed by atoms with Crippen LogP contribution in [0.3, 0.4) is 0 Å². The Hall–Kier alpha value is -3.35. The Kier molecular flexibility index (Phi) is 3.56. The topological polar surface area (TPSA) is 68.4 Å². The van der Waals surface area contributed by atoms with Crippen molar-refractivity contribution in [2.24, 2.45) is 5.92 Å². The molecule has 1 saturated heterocycles. The predicted molar refractivity (Wildman–Crippen MR) is 137 cm³/mol. The second-order valence-electron chi connectivity index (χ2n) is 10.7. The highest BCUT2D eigenvalue weighted by Gasteiger charge is 2.50. The van der Waals surface area contributed by atoms with Crippen molar-refractivity contribution in [2.75, 3.05) is 7.05 Å². The number of phenols is 1. The van der Waals surface area contributed by atoms with Crippen LogP contribution in [0, 0.1) is 5.92 Å². The number of benzene rings is 3. The number of Topliss-reactive ketones (excluding diaryl/α,β-unsaturated/α-hetero) is 1. The SMILES string of the molecule is CN[C@@H]1C[C@H]2O[C@@](C)([C@@H]1C)n1c3ccc(O)cc3c3c4c(c5c6ccccc6n2c5c31)C(=O)CC4. The number of hydrogen-bond acceptors (Lipinski definition) is 4. The van der Waals surface area contributed by atoms with E-state index in [1.54, 1.807) is 6.07 Å². The number of rotatable bonds is 1. The molecular weight excluding hydrogens is 438 g/mol. The quantitative estimate of drug-likeness (QED) is 0.340. The fourth-order valence-electron chi connectivity index (χ4n) is 7.52. The van der Waals surface area contributed by atoms with Crippen LogP contribution in [0.5, 0.6) is 5.75 Å². The van der Waals surface area contributed by atoms with Crippen molar-refractivity contribution in [2.45, 2.75) is 51.1 Å². The van der Waals surface area contributed by atoms with E-state index < -0.39 is 5.72 Å². The number of aryl methyl sites for hydroxylation is 1. The first-order chi connectivity index (χ1) is 16.9. The number of carbonyl (C=O) groups is 1. The Bertz CT molecular complexity index is 1780. The average Bonchev–Trinajstić information content (AvgIpc) is 3.48. The fourth-order valence-corrected chi connectivity index (χ4v) is 7.52. The number of ketones is 1. The summed E-state index contributed by atoms with van der Waals surface area (Å²) in [5.41, 5.74) is 5.72. The summed E-state index contributed by atoms with van der Waals surface area (Å²) in [5.74, 6) is 0.643. The second kappa shape index (κ2) is 6.25. The summed E-state index contributed by atoms with van der Waals surface area (Å²) in [6, 6.07) is 14.3. The minimum atomic E-state index is -0.614. The van der Waals surface area contributed by atoms with E-state index in [2.05, 4.69) is 52.6 Å². The van der Waals surface area contributed by atoms with Crippen LogP contribution in [-0.4, -0.2) is 33.1 Å². The third-order valence-electron chi connectivity index (χ3n) is 9.20. The normalized spacial score (nSPS) is 27.5. The minimum Gasteiger partial charge on any atom is -0.508 e. The number of ether oxygens (including phenoxy) is 1. The first-order valence-electron chi connectivity index (χ1n) is 12.6. The van der Waals surface area contributed by atoms with Gasteiger partial charge < -0.3 is 24.3 Å². The van der Waals surface area contributed by atoms with E-state index in [1.807, 2.05) is 19.2 Å². The first-order valence-corrected chi connectivity index (χ1v) is 12.6. The van der Waals surface area contributed by atoms with Crippen LogP contribution in [0.15, 0.2) is 42.5 Å². The molecule has 6 nitrogen and oxygen atoms in total. The maximum atomic E-state index is 13.4. The van der Waals surface area contributed by atoms with E-state index in [0.717, 1.165) is 67.6 Å². The maximum Gasteiger partial charge on any atom is 0.164 e. The van der Waals surface area contributed by atoms with E-state index in [9.17, 15) is 9.90 Å². The van der Waals surface area contributed by atoms with Gasteiger partial charge in [0.15, 0.2) is 5.78 Å². The predicted octanol–water partition coefficient (Wildman–Crippen LogP) is 5.57. The van der Waals surface area contributed by atoms with Crippen molar-refractivity contribution in [1.82, 2.24) is 14.5 Å². The molecule has 2 aromatic heterocycles. The second-order valence-corrected chi connectivity index (χ2v) is 10.7. The van der Waals surface area contributed by atoms with E-state index in [-0.39, 0.29) is 29.7 Å². The number of fused-ring (bicyclic) bond motifs is 13. The number of nitrogens with one attached hydrogen (secondary N) is 1. The van der Waals surface area contributed by atoms with Gasteiger partial charge in [0.1, 0.15) is 17.7 Å². The van der Waals surface area contributed by atoms with Gasteiger partial charge in [0.25, 0.3) is 0 Å². The summed E-state index contributed by atoms with van der Waals surface area (Å²) < 4.78 is 11.8. The molecule has 3 aliphatic rings. The number of aromatic nitrogens is 2. The van der Waals surface area contributed by atoms with Crippen LogP contribution >= 0.6 is 0 Å². The molecule has 0 unspecified atom stereocenters. The zero-order valence-corrected chi connectivity index (χ0v) is 20.1. The van der Waals surface area contributed by atoms with Crippen LogP contribution in [0.2, 0.25) is 0 Å². The number of aromatic hydroxyl groups is 1. The summed E-state index contributed by atoms with van der Waals surface area (Å²) in [4.78, 5) is 13.4. The summed E-state index contributed by atoms with van der Waals surface area (Å²) >= 11 is 0. The number of para-hydroxylation sites is 1. The Morgan fingerprint density at radius 1 is 1.06 bits per heavy atom. The van der Waals surface area contributed by atoms with Gasteiger partial charge in [-0.2, -0.15) is 0 Å². The van der Waals surface area contributed by atoms with Gasteiger partial charge in [0, 0.05) is 51.9 Å². The molecule has 5 aromatic rings. The molecule has 176 valence electrons. The molecule has 0 saturated carbocycles. The van der Waals surface area contributed by atoms with Crippen LogP contribution < -0.4 is 5.32 Å². The van der Waals surface area contributed by atoms with Gasteiger partial charge in [-0.1, -0.05) is 25.1 Å². The number of phenolic OH excluding ortho intramolecular Hbond substituents is 1. The Labute approximate surface area is 202 Å². The van der Waals surface area contributed by atoms with E-state index >= 15 is 0 Å². The first kappa shape index (κ1) is 19.9. The molecule has 6 heteroatoms. The lowest BCUT2D eigenvalue weighted by molar-refractivity contribution is -0.224. The van der Waals surface area contributed by atoms with Crippen molar-refractivity contribution < 1.29 is 14.6 Å². The van der Waals surface area contributed by atoms with Crippen molar-refractivity contribution >= 4 is 49.4 Å². The molecule has 2 aliphatic heterocycles. The Balaban J connectivity index is 1.74. The third-order valence-corrected chi connectivity index (χ3v) is 9.20. The minimum absolute atomic E-state index is 0.166. The van der Waals surface area contributed by atoms with Crippen LogP contribution in [0.1, 0.15) is 48.8 Å². The van der Waals surface area contributed by atoms with Gasteiger partial charge in [0.2, 0.25) is 0 Å². The van der Waals surface area contributed by atoms with E-state index in [4.69, 9.17) is 4.74 Å². The molecule has 3 aromatic carbocycles. The molecular formula is C29H27N3O3. The summed E-state index contributed by atoms with van der Waals surface area (Å²) in [6.45, 7) is 4.47. The summed E-state index contributed by atoms with van der Waals surface area (Å²) in [7, 11) is 2.03. The molecule has 0 radical (unpaired) electrons. The van der Waals surface area contributed by atoms with Crippen LogP contribution in [0.25, 0.3) is 43.6 Å². The molecule has 1 fully saturated rings. The molecule has 0 amide bonds. The fraction of sp³-hybridized carbons (Fsp3) is 0.345. The van der Waals surface area contributed by atoms with Gasteiger partial charge in [-0.3, -0.25) is 4.79 Å². The summed E-state index contributed by atoms with van der Waals surface area (Å²) in [5, 5.41) is 18.3. The van der Waals surface area contributed by atoms with Crippen LogP contribution in [-0.2, 0) is 16.9 Å². The number of nitrogens with zero attached hydrogens (tertiary/aromatic N) is 2. The number of hydrogen-bond donors (Lipinski definition) is 2. The van der Waals surface area contributed by atoms with Gasteiger partial charge in [-0.05, 0) is 50.2 Å². The molecule has 35 heavy (non-hydrogen) atoms. The Morgan fingerprint density at radius 2 is 1.89 bits per heavy atom. The van der Waals surface area contributed by atoms with Crippen molar-refractivity contribution in [3.63, 3.8) is 0 Å². The molecule has 2 bridgehead atoms.